The number of aromatic nitrogens is 2. The van der Waals surface area contributed by atoms with E-state index >= 15 is 0 Å². The summed E-state index contributed by atoms with van der Waals surface area (Å²) in [6.07, 6.45) is 3.30. The molecule has 0 spiro atoms. The predicted molar refractivity (Wildman–Crippen MR) is 68.4 cm³/mol. The maximum absolute atomic E-state index is 6.06. The van der Waals surface area contributed by atoms with Crippen molar-refractivity contribution in [2.75, 3.05) is 31.2 Å². The van der Waals surface area contributed by atoms with Gasteiger partial charge in [-0.05, 0) is 12.8 Å². The first-order chi connectivity index (χ1) is 8.22. The minimum absolute atomic E-state index is 0.483. The summed E-state index contributed by atoms with van der Waals surface area (Å²) in [6.45, 7) is 7.77. The normalized spacial score (nSPS) is 24.3. The van der Waals surface area contributed by atoms with Crippen LogP contribution in [0.25, 0.3) is 0 Å². The minimum Gasteiger partial charge on any atom is -0.381 e. The van der Waals surface area contributed by atoms with Crippen molar-refractivity contribution in [3.8, 4) is 0 Å². The predicted octanol–water partition coefficient (Wildman–Crippen LogP) is 2.24. The van der Waals surface area contributed by atoms with Gasteiger partial charge in [0.1, 0.15) is 0 Å². The van der Waals surface area contributed by atoms with Crippen LogP contribution in [0, 0.1) is 11.8 Å². The second-order valence-corrected chi connectivity index (χ2v) is 4.83. The molecule has 2 atom stereocenters. The van der Waals surface area contributed by atoms with Gasteiger partial charge in [0.2, 0.25) is 0 Å². The molecule has 0 aromatic carbocycles. The van der Waals surface area contributed by atoms with Crippen molar-refractivity contribution in [2.24, 2.45) is 11.8 Å². The van der Waals surface area contributed by atoms with Crippen molar-refractivity contribution in [3.05, 3.63) is 17.5 Å². The SMILES string of the molecule is CCOC[C@@H]1CN(c2nccnc2Cl)C[C@@H]1C. The maximum atomic E-state index is 6.06. The van der Waals surface area contributed by atoms with Gasteiger partial charge >= 0.3 is 0 Å². The van der Waals surface area contributed by atoms with Gasteiger partial charge in [-0.1, -0.05) is 18.5 Å². The smallest absolute Gasteiger partial charge is 0.171 e. The zero-order valence-corrected chi connectivity index (χ0v) is 11.0. The summed E-state index contributed by atoms with van der Waals surface area (Å²) in [4.78, 5) is 10.6. The zero-order chi connectivity index (χ0) is 12.3. The molecule has 1 fully saturated rings. The molecule has 0 radical (unpaired) electrons. The highest BCUT2D eigenvalue weighted by Crippen LogP contribution is 2.30. The molecule has 2 rings (SSSR count). The van der Waals surface area contributed by atoms with E-state index in [-0.39, 0.29) is 0 Å². The van der Waals surface area contributed by atoms with Crippen molar-refractivity contribution in [3.63, 3.8) is 0 Å². The van der Waals surface area contributed by atoms with E-state index in [2.05, 4.69) is 21.8 Å². The van der Waals surface area contributed by atoms with Gasteiger partial charge in [0.05, 0.1) is 6.61 Å². The first kappa shape index (κ1) is 12.6. The Morgan fingerprint density at radius 3 is 2.88 bits per heavy atom. The van der Waals surface area contributed by atoms with Gasteiger partial charge in [-0.3, -0.25) is 0 Å². The highest BCUT2D eigenvalue weighted by Gasteiger charge is 2.31. The van der Waals surface area contributed by atoms with Gasteiger partial charge in [0.15, 0.2) is 11.0 Å². The van der Waals surface area contributed by atoms with Gasteiger partial charge in [0, 0.05) is 38.0 Å². The summed E-state index contributed by atoms with van der Waals surface area (Å²) in [7, 11) is 0. The Bertz CT molecular complexity index is 375. The summed E-state index contributed by atoms with van der Waals surface area (Å²) in [5.74, 6) is 1.94. The largest absolute Gasteiger partial charge is 0.381 e. The van der Waals surface area contributed by atoms with Crippen molar-refractivity contribution in [1.29, 1.82) is 0 Å². The lowest BCUT2D eigenvalue weighted by atomic mass is 9.99. The Labute approximate surface area is 107 Å². The summed E-state index contributed by atoms with van der Waals surface area (Å²) in [5.41, 5.74) is 0. The number of hydrogen-bond acceptors (Lipinski definition) is 4. The third-order valence-corrected chi connectivity index (χ3v) is 3.51. The number of rotatable bonds is 4. The van der Waals surface area contributed by atoms with Crippen LogP contribution >= 0.6 is 11.6 Å². The molecule has 1 aromatic rings. The van der Waals surface area contributed by atoms with E-state index in [4.69, 9.17) is 16.3 Å². The van der Waals surface area contributed by atoms with Crippen molar-refractivity contribution < 1.29 is 4.74 Å². The Morgan fingerprint density at radius 1 is 1.41 bits per heavy atom. The fraction of sp³-hybridized carbons (Fsp3) is 0.667. The molecule has 0 amide bonds. The lowest BCUT2D eigenvalue weighted by Gasteiger charge is -2.17. The molecule has 0 aliphatic carbocycles. The van der Waals surface area contributed by atoms with Crippen LogP contribution in [0.1, 0.15) is 13.8 Å². The van der Waals surface area contributed by atoms with Crippen LogP contribution in [0.4, 0.5) is 5.82 Å². The molecule has 1 aliphatic heterocycles. The second-order valence-electron chi connectivity index (χ2n) is 4.47. The monoisotopic (exact) mass is 255 g/mol. The lowest BCUT2D eigenvalue weighted by Crippen LogP contribution is -2.22. The van der Waals surface area contributed by atoms with Crippen LogP contribution in [-0.4, -0.2) is 36.3 Å². The number of nitrogens with zero attached hydrogens (tertiary/aromatic N) is 3. The van der Waals surface area contributed by atoms with Crippen LogP contribution in [0.5, 0.6) is 0 Å². The molecule has 0 N–H and O–H groups in total. The van der Waals surface area contributed by atoms with Crippen LogP contribution in [0.15, 0.2) is 12.4 Å². The molecule has 2 heterocycles. The molecule has 1 aromatic heterocycles. The molecule has 1 saturated heterocycles. The first-order valence-corrected chi connectivity index (χ1v) is 6.39. The van der Waals surface area contributed by atoms with Crippen LogP contribution in [0.3, 0.4) is 0 Å². The number of halogens is 1. The maximum Gasteiger partial charge on any atom is 0.171 e. The van der Waals surface area contributed by atoms with Crippen molar-refractivity contribution in [2.45, 2.75) is 13.8 Å². The third-order valence-electron chi connectivity index (χ3n) is 3.24. The first-order valence-electron chi connectivity index (χ1n) is 6.01. The van der Waals surface area contributed by atoms with Gasteiger partial charge in [-0.2, -0.15) is 0 Å². The average molecular weight is 256 g/mol. The van der Waals surface area contributed by atoms with E-state index < -0.39 is 0 Å². The fourth-order valence-electron chi connectivity index (χ4n) is 2.22. The highest BCUT2D eigenvalue weighted by molar-refractivity contribution is 6.31. The highest BCUT2D eigenvalue weighted by atomic mass is 35.5. The van der Waals surface area contributed by atoms with Gasteiger partial charge in [-0.25, -0.2) is 9.97 Å². The van der Waals surface area contributed by atoms with Crippen LogP contribution in [-0.2, 0) is 4.74 Å². The van der Waals surface area contributed by atoms with Gasteiger partial charge in [-0.15, -0.1) is 0 Å². The van der Waals surface area contributed by atoms with Crippen LogP contribution < -0.4 is 4.90 Å². The number of ether oxygens (including phenoxy) is 1. The molecule has 5 heteroatoms. The molecule has 0 unspecified atom stereocenters. The zero-order valence-electron chi connectivity index (χ0n) is 10.3. The standard InChI is InChI=1S/C12H18ClN3O/c1-3-17-8-10-7-16(6-9(10)2)12-11(13)14-4-5-15-12/h4-5,9-10H,3,6-8H2,1-2H3/t9-,10-/m0/s1. The Balaban J connectivity index is 2.03. The molecule has 17 heavy (non-hydrogen) atoms. The van der Waals surface area contributed by atoms with Crippen molar-refractivity contribution in [1.82, 2.24) is 9.97 Å². The Hall–Kier alpha value is -0.870. The molecule has 94 valence electrons. The summed E-state index contributed by atoms with van der Waals surface area (Å²) in [5, 5.41) is 0.483. The van der Waals surface area contributed by atoms with E-state index in [0.717, 1.165) is 32.1 Å². The Morgan fingerprint density at radius 2 is 2.18 bits per heavy atom. The van der Waals surface area contributed by atoms with Gasteiger partial charge in [0.25, 0.3) is 0 Å². The summed E-state index contributed by atoms with van der Waals surface area (Å²) >= 11 is 6.06. The average Bonchev–Trinajstić information content (AvgIpc) is 2.68. The molecular formula is C12H18ClN3O. The van der Waals surface area contributed by atoms with E-state index in [1.807, 2.05) is 6.92 Å². The molecule has 1 aliphatic rings. The topological polar surface area (TPSA) is 38.2 Å². The number of hydrogen-bond donors (Lipinski definition) is 0. The van der Waals surface area contributed by atoms with Gasteiger partial charge < -0.3 is 9.64 Å². The lowest BCUT2D eigenvalue weighted by molar-refractivity contribution is 0.104. The van der Waals surface area contributed by atoms with Crippen LogP contribution in [0.2, 0.25) is 5.15 Å². The number of anilines is 1. The summed E-state index contributed by atoms with van der Waals surface area (Å²) in [6, 6.07) is 0. The third kappa shape index (κ3) is 2.87. The van der Waals surface area contributed by atoms with E-state index in [1.165, 1.54) is 0 Å². The minimum atomic E-state index is 0.483. The summed E-state index contributed by atoms with van der Waals surface area (Å²) < 4.78 is 5.51. The Kier molecular flexibility index (Phi) is 4.18. The second kappa shape index (κ2) is 5.65. The molecular weight excluding hydrogens is 238 g/mol. The molecule has 0 saturated carbocycles. The van der Waals surface area contributed by atoms with Crippen molar-refractivity contribution >= 4 is 17.4 Å². The van der Waals surface area contributed by atoms with E-state index in [0.29, 0.717) is 17.0 Å². The molecule has 4 nitrogen and oxygen atoms in total. The van der Waals surface area contributed by atoms with E-state index in [9.17, 15) is 0 Å². The quantitative estimate of drug-likeness (QED) is 0.827. The molecule has 0 bridgehead atoms. The fourth-order valence-corrected chi connectivity index (χ4v) is 2.44. The van der Waals surface area contributed by atoms with E-state index in [1.54, 1.807) is 12.4 Å².